The Balaban J connectivity index is 0.00000202. The molecule has 0 spiro atoms. The number of nitrogens with zero attached hydrogens (tertiary/aromatic N) is 3. The molecule has 1 aliphatic rings. The predicted octanol–water partition coefficient (Wildman–Crippen LogP) is 7.53. The van der Waals surface area contributed by atoms with Gasteiger partial charge < -0.3 is 8.98 Å². The Bertz CT molecular complexity index is 1770. The van der Waals surface area contributed by atoms with Crippen LogP contribution in [0.4, 0.5) is 13.2 Å². The van der Waals surface area contributed by atoms with E-state index in [9.17, 15) is 18.0 Å². The molecule has 5 nitrogen and oxygen atoms in total. The van der Waals surface area contributed by atoms with Gasteiger partial charge in [-0.05, 0) is 66.9 Å². The summed E-state index contributed by atoms with van der Waals surface area (Å²) in [4.78, 5) is 17.7. The molecule has 1 fully saturated rings. The lowest BCUT2D eigenvalue weighted by atomic mass is 10.1. The van der Waals surface area contributed by atoms with E-state index in [-0.39, 0.29) is 30.2 Å². The van der Waals surface area contributed by atoms with Gasteiger partial charge in [-0.2, -0.15) is 13.2 Å². The van der Waals surface area contributed by atoms with Gasteiger partial charge in [0.1, 0.15) is 5.58 Å². The number of piperazine rings is 1. The van der Waals surface area contributed by atoms with Gasteiger partial charge in [0.05, 0.1) is 22.7 Å². The first-order valence-corrected chi connectivity index (χ1v) is 13.4. The number of aromatic nitrogens is 1. The van der Waals surface area contributed by atoms with Gasteiger partial charge in [-0.1, -0.05) is 24.3 Å². The predicted molar refractivity (Wildman–Crippen MR) is 165 cm³/mol. The number of para-hydroxylation sites is 1. The van der Waals surface area contributed by atoms with Crippen LogP contribution in [0.1, 0.15) is 27.8 Å². The average Bonchev–Trinajstić information content (AvgIpc) is 3.30. The van der Waals surface area contributed by atoms with Crippen LogP contribution in [0.2, 0.25) is 0 Å². The summed E-state index contributed by atoms with van der Waals surface area (Å²) in [5, 5.41) is 1.65. The van der Waals surface area contributed by atoms with Crippen molar-refractivity contribution >= 4 is 46.7 Å². The summed E-state index contributed by atoms with van der Waals surface area (Å²) in [6.07, 6.45) is -0.849. The maximum absolute atomic E-state index is 13.4. The fraction of sp³-hybridized carbons (Fsp3) is 0.281. The lowest BCUT2D eigenvalue weighted by molar-refractivity contribution is -0.137. The van der Waals surface area contributed by atoms with Gasteiger partial charge in [-0.25, -0.2) is 0 Å². The van der Waals surface area contributed by atoms with Crippen LogP contribution in [0.5, 0.6) is 0 Å². The Kier molecular flexibility index (Phi) is 9.42. The van der Waals surface area contributed by atoms with Crippen LogP contribution in [0, 0.1) is 13.8 Å². The van der Waals surface area contributed by atoms with Crippen molar-refractivity contribution in [2.45, 2.75) is 33.1 Å². The molecule has 0 aliphatic carbocycles. The normalized spacial score (nSPS) is 14.6. The summed E-state index contributed by atoms with van der Waals surface area (Å²) in [5.74, 6) is 0. The van der Waals surface area contributed by atoms with E-state index in [1.54, 1.807) is 12.3 Å². The van der Waals surface area contributed by atoms with Gasteiger partial charge in [0, 0.05) is 62.1 Å². The number of fused-ring (bicyclic) bond motifs is 2. The SMILES string of the molecule is Cc1cc2occ(CN3CCN(Cc4cn(-c5cccc(C(F)(F)F)c5)c5ccccc45)CC3)c(=O)c2cc1C.Cl.Cl. The maximum Gasteiger partial charge on any atom is 0.416 e. The van der Waals surface area contributed by atoms with Gasteiger partial charge in [0.15, 0.2) is 5.43 Å². The number of rotatable bonds is 5. The minimum atomic E-state index is -4.40. The van der Waals surface area contributed by atoms with Gasteiger partial charge in [-0.3, -0.25) is 14.6 Å². The number of aryl methyl sites for hydroxylation is 2. The van der Waals surface area contributed by atoms with Crippen LogP contribution in [-0.4, -0.2) is 40.5 Å². The summed E-state index contributed by atoms with van der Waals surface area (Å²) in [5.41, 5.74) is 5.24. The highest BCUT2D eigenvalue weighted by Crippen LogP contribution is 2.32. The Morgan fingerprint density at radius 3 is 2.12 bits per heavy atom. The molecule has 0 radical (unpaired) electrons. The molecule has 5 aromatic rings. The Morgan fingerprint density at radius 1 is 0.786 bits per heavy atom. The molecule has 1 aliphatic heterocycles. The number of hydrogen-bond donors (Lipinski definition) is 0. The van der Waals surface area contributed by atoms with E-state index >= 15 is 0 Å². The molecule has 0 N–H and O–H groups in total. The molecule has 6 rings (SSSR count). The molecule has 2 aromatic heterocycles. The summed E-state index contributed by atoms with van der Waals surface area (Å²) in [6, 6.07) is 17.1. The highest BCUT2D eigenvalue weighted by molar-refractivity contribution is 5.86. The molecule has 10 heteroatoms. The minimum absolute atomic E-state index is 0. The van der Waals surface area contributed by atoms with Crippen molar-refractivity contribution in [3.8, 4) is 5.69 Å². The van der Waals surface area contributed by atoms with Gasteiger partial charge in [0.25, 0.3) is 0 Å². The van der Waals surface area contributed by atoms with E-state index in [1.807, 2.05) is 61.0 Å². The van der Waals surface area contributed by atoms with E-state index < -0.39 is 11.7 Å². The first kappa shape index (κ1) is 31.6. The summed E-state index contributed by atoms with van der Waals surface area (Å²) >= 11 is 0. The third-order valence-electron chi connectivity index (χ3n) is 7.96. The highest BCUT2D eigenvalue weighted by Gasteiger charge is 2.30. The molecular weight excluding hydrogens is 586 g/mol. The third kappa shape index (κ3) is 6.22. The van der Waals surface area contributed by atoms with Crippen molar-refractivity contribution in [3.05, 3.63) is 111 Å². The second-order valence-corrected chi connectivity index (χ2v) is 10.7. The second-order valence-electron chi connectivity index (χ2n) is 10.7. The van der Waals surface area contributed by atoms with Crippen molar-refractivity contribution in [3.63, 3.8) is 0 Å². The standard InChI is InChI=1S/C32H30F3N3O2.2ClH/c1-21-14-28-30(15-22(21)2)40-20-24(31(28)39)18-37-12-10-36(11-13-37)17-23-19-38(29-9-4-3-8-27(23)29)26-7-5-6-25(16-26)32(33,34)35;;/h3-9,14-16,19-20H,10-13,17-18H2,1-2H3;2*1H. The molecule has 0 bridgehead atoms. The summed E-state index contributed by atoms with van der Waals surface area (Å²) in [6.45, 7) is 8.47. The molecular formula is C32H32Cl2F3N3O2. The zero-order valence-corrected chi connectivity index (χ0v) is 24.9. The fourth-order valence-corrected chi connectivity index (χ4v) is 5.54. The van der Waals surface area contributed by atoms with Gasteiger partial charge in [0.2, 0.25) is 0 Å². The summed E-state index contributed by atoms with van der Waals surface area (Å²) < 4.78 is 47.7. The molecule has 42 heavy (non-hydrogen) atoms. The molecule has 3 heterocycles. The second kappa shape index (κ2) is 12.5. The number of benzene rings is 3. The lowest BCUT2D eigenvalue weighted by Crippen LogP contribution is -2.45. The van der Waals surface area contributed by atoms with E-state index in [1.165, 1.54) is 12.1 Å². The zero-order valence-electron chi connectivity index (χ0n) is 23.3. The van der Waals surface area contributed by atoms with Crippen LogP contribution in [0.15, 0.2) is 82.3 Å². The molecule has 0 unspecified atom stereocenters. The molecule has 0 amide bonds. The van der Waals surface area contributed by atoms with E-state index in [0.717, 1.165) is 59.8 Å². The van der Waals surface area contributed by atoms with Crippen molar-refractivity contribution in [2.75, 3.05) is 26.2 Å². The number of alkyl halides is 3. The molecule has 3 aromatic carbocycles. The van der Waals surface area contributed by atoms with Crippen LogP contribution in [0.3, 0.4) is 0 Å². The van der Waals surface area contributed by atoms with Crippen molar-refractivity contribution in [2.24, 2.45) is 0 Å². The molecule has 222 valence electrons. The zero-order chi connectivity index (χ0) is 28.0. The van der Waals surface area contributed by atoms with Gasteiger partial charge in [-0.15, -0.1) is 24.8 Å². The van der Waals surface area contributed by atoms with Crippen molar-refractivity contribution in [1.29, 1.82) is 0 Å². The largest absolute Gasteiger partial charge is 0.464 e. The number of hydrogen-bond acceptors (Lipinski definition) is 4. The van der Waals surface area contributed by atoms with Crippen LogP contribution in [-0.2, 0) is 19.3 Å². The number of halogens is 5. The van der Waals surface area contributed by atoms with E-state index in [4.69, 9.17) is 4.42 Å². The molecule has 0 saturated carbocycles. The van der Waals surface area contributed by atoms with Crippen LogP contribution < -0.4 is 5.43 Å². The van der Waals surface area contributed by atoms with Crippen LogP contribution in [0.25, 0.3) is 27.6 Å². The maximum atomic E-state index is 13.4. The van der Waals surface area contributed by atoms with Gasteiger partial charge >= 0.3 is 6.18 Å². The van der Waals surface area contributed by atoms with E-state index in [0.29, 0.717) is 35.3 Å². The Labute approximate surface area is 254 Å². The monoisotopic (exact) mass is 617 g/mol. The molecule has 1 saturated heterocycles. The minimum Gasteiger partial charge on any atom is -0.464 e. The van der Waals surface area contributed by atoms with Crippen molar-refractivity contribution in [1.82, 2.24) is 14.4 Å². The summed E-state index contributed by atoms with van der Waals surface area (Å²) in [7, 11) is 0. The Morgan fingerprint density at radius 2 is 1.43 bits per heavy atom. The fourth-order valence-electron chi connectivity index (χ4n) is 5.54. The molecule has 0 atom stereocenters. The average molecular weight is 619 g/mol. The van der Waals surface area contributed by atoms with E-state index in [2.05, 4.69) is 9.80 Å². The third-order valence-corrected chi connectivity index (χ3v) is 7.96. The quantitative estimate of drug-likeness (QED) is 0.204. The first-order chi connectivity index (χ1) is 19.2. The highest BCUT2D eigenvalue weighted by atomic mass is 35.5. The van der Waals surface area contributed by atoms with Crippen LogP contribution >= 0.6 is 24.8 Å². The lowest BCUT2D eigenvalue weighted by Gasteiger charge is -2.34. The first-order valence-electron chi connectivity index (χ1n) is 13.4. The smallest absolute Gasteiger partial charge is 0.416 e. The van der Waals surface area contributed by atoms with Crippen molar-refractivity contribution < 1.29 is 17.6 Å². The Hall–Kier alpha value is -3.30. The topological polar surface area (TPSA) is 41.6 Å².